The quantitative estimate of drug-likeness (QED) is 0.780. The lowest BCUT2D eigenvalue weighted by Crippen LogP contribution is -2.35. The van der Waals surface area contributed by atoms with E-state index in [1.807, 2.05) is 31.2 Å². The van der Waals surface area contributed by atoms with Crippen LogP contribution < -0.4 is 5.32 Å². The van der Waals surface area contributed by atoms with Crippen LogP contribution in [0.2, 0.25) is 0 Å². The fourth-order valence-corrected chi connectivity index (χ4v) is 2.83. The maximum absolute atomic E-state index is 12.1. The summed E-state index contributed by atoms with van der Waals surface area (Å²) < 4.78 is 4.87. The van der Waals surface area contributed by atoms with Crippen LogP contribution in [0.4, 0.5) is 5.82 Å². The zero-order valence-corrected chi connectivity index (χ0v) is 14.9. The third-order valence-electron chi connectivity index (χ3n) is 3.31. The molecule has 128 valence electrons. The van der Waals surface area contributed by atoms with Gasteiger partial charge >= 0.3 is 0 Å². The summed E-state index contributed by atoms with van der Waals surface area (Å²) in [6.45, 7) is 3.77. The van der Waals surface area contributed by atoms with Gasteiger partial charge in [-0.1, -0.05) is 22.9 Å². The molecule has 1 aromatic carbocycles. The van der Waals surface area contributed by atoms with Gasteiger partial charge in [0.2, 0.25) is 11.8 Å². The van der Waals surface area contributed by atoms with Gasteiger partial charge in [0.05, 0.1) is 6.54 Å². The van der Waals surface area contributed by atoms with Gasteiger partial charge in [-0.3, -0.25) is 9.59 Å². The minimum atomic E-state index is -0.301. The second-order valence-corrected chi connectivity index (χ2v) is 6.70. The van der Waals surface area contributed by atoms with Crippen molar-refractivity contribution in [1.82, 2.24) is 10.1 Å². The lowest BCUT2D eigenvalue weighted by Gasteiger charge is -2.16. The number of hydrogen-bond donors (Lipinski definition) is 1. The molecular weight excluding hydrogens is 326 g/mol. The lowest BCUT2D eigenvalue weighted by molar-refractivity contribution is -0.132. The number of carbonyl (C=O) groups excluding carboxylic acids is 2. The molecule has 0 fully saturated rings. The maximum atomic E-state index is 12.1. The van der Waals surface area contributed by atoms with E-state index in [2.05, 4.69) is 10.5 Å². The van der Waals surface area contributed by atoms with Crippen molar-refractivity contribution >= 4 is 29.4 Å². The summed E-state index contributed by atoms with van der Waals surface area (Å²) in [5.74, 6) is 1.28. The van der Waals surface area contributed by atoms with E-state index in [0.29, 0.717) is 23.8 Å². The predicted octanol–water partition coefficient (Wildman–Crippen LogP) is 2.87. The molecule has 0 aliphatic heterocycles. The van der Waals surface area contributed by atoms with Crippen molar-refractivity contribution in [2.75, 3.05) is 24.7 Å². The molecule has 1 aromatic heterocycles. The van der Waals surface area contributed by atoms with Gasteiger partial charge in [-0.25, -0.2) is 0 Å². The minimum absolute atomic E-state index is 0.0139. The molecule has 0 saturated carbocycles. The van der Waals surface area contributed by atoms with Crippen LogP contribution in [0.3, 0.4) is 0 Å². The second kappa shape index (κ2) is 8.54. The molecule has 0 aliphatic carbocycles. The average Bonchev–Trinajstić information content (AvgIpc) is 2.93. The standard InChI is InChI=1S/C17H21N3O3S/c1-12-4-6-14(7-5-12)24-9-8-17(22)20(3)11-16(21)18-15-10-13(2)23-19-15/h4-7,10H,8-9,11H2,1-3H3,(H,18,19,21). The van der Waals surface area contributed by atoms with Gasteiger partial charge in [0.15, 0.2) is 5.82 Å². The Morgan fingerprint density at radius 3 is 2.58 bits per heavy atom. The van der Waals surface area contributed by atoms with E-state index >= 15 is 0 Å². The Morgan fingerprint density at radius 2 is 1.96 bits per heavy atom. The molecular formula is C17H21N3O3S. The van der Waals surface area contributed by atoms with Crippen molar-refractivity contribution in [2.45, 2.75) is 25.2 Å². The van der Waals surface area contributed by atoms with Gasteiger partial charge in [-0.15, -0.1) is 11.8 Å². The van der Waals surface area contributed by atoms with Crippen molar-refractivity contribution in [3.63, 3.8) is 0 Å². The molecule has 0 atom stereocenters. The van der Waals surface area contributed by atoms with Crippen molar-refractivity contribution in [2.24, 2.45) is 0 Å². The molecule has 2 aromatic rings. The number of benzene rings is 1. The lowest BCUT2D eigenvalue weighted by atomic mass is 10.2. The first-order valence-electron chi connectivity index (χ1n) is 7.60. The van der Waals surface area contributed by atoms with Crippen molar-refractivity contribution in [1.29, 1.82) is 0 Å². The van der Waals surface area contributed by atoms with Gasteiger partial charge in [0.1, 0.15) is 5.76 Å². The largest absolute Gasteiger partial charge is 0.360 e. The van der Waals surface area contributed by atoms with E-state index in [9.17, 15) is 9.59 Å². The summed E-state index contributed by atoms with van der Waals surface area (Å²) in [4.78, 5) is 26.5. The number of aryl methyl sites for hydroxylation is 2. The first-order valence-corrected chi connectivity index (χ1v) is 8.59. The van der Waals surface area contributed by atoms with Gasteiger partial charge in [0.25, 0.3) is 0 Å². The summed E-state index contributed by atoms with van der Waals surface area (Å²) in [5.41, 5.74) is 1.21. The highest BCUT2D eigenvalue weighted by atomic mass is 32.2. The molecule has 0 saturated heterocycles. The zero-order valence-electron chi connectivity index (χ0n) is 14.0. The SMILES string of the molecule is Cc1ccc(SCCC(=O)N(C)CC(=O)Nc2cc(C)on2)cc1. The summed E-state index contributed by atoms with van der Waals surface area (Å²) in [5, 5.41) is 6.28. The van der Waals surface area contributed by atoms with Crippen LogP contribution >= 0.6 is 11.8 Å². The number of amides is 2. The second-order valence-electron chi connectivity index (χ2n) is 5.53. The summed E-state index contributed by atoms with van der Waals surface area (Å²) in [6, 6.07) is 9.81. The summed E-state index contributed by atoms with van der Waals surface area (Å²) >= 11 is 1.63. The van der Waals surface area contributed by atoms with Crippen molar-refractivity contribution in [3.8, 4) is 0 Å². The van der Waals surface area contributed by atoms with Crippen LogP contribution in [-0.2, 0) is 9.59 Å². The molecule has 7 heteroatoms. The van der Waals surface area contributed by atoms with Crippen LogP contribution in [0.1, 0.15) is 17.7 Å². The highest BCUT2D eigenvalue weighted by Gasteiger charge is 2.14. The summed E-state index contributed by atoms with van der Waals surface area (Å²) in [7, 11) is 1.62. The van der Waals surface area contributed by atoms with E-state index in [1.54, 1.807) is 31.8 Å². The molecule has 0 radical (unpaired) electrons. The average molecular weight is 347 g/mol. The van der Waals surface area contributed by atoms with E-state index in [0.717, 1.165) is 4.90 Å². The normalized spacial score (nSPS) is 10.5. The van der Waals surface area contributed by atoms with Gasteiger partial charge in [0, 0.05) is 30.2 Å². The Morgan fingerprint density at radius 1 is 1.25 bits per heavy atom. The molecule has 2 rings (SSSR count). The fourth-order valence-electron chi connectivity index (χ4n) is 1.99. The van der Waals surface area contributed by atoms with Crippen LogP contribution in [-0.4, -0.2) is 41.2 Å². The number of anilines is 1. The summed E-state index contributed by atoms with van der Waals surface area (Å²) in [6.07, 6.45) is 0.380. The van der Waals surface area contributed by atoms with Crippen LogP contribution in [0, 0.1) is 13.8 Å². The van der Waals surface area contributed by atoms with Crippen molar-refractivity contribution < 1.29 is 14.1 Å². The molecule has 0 spiro atoms. The number of nitrogens with zero attached hydrogens (tertiary/aromatic N) is 2. The van der Waals surface area contributed by atoms with Crippen molar-refractivity contribution in [3.05, 3.63) is 41.7 Å². The molecule has 0 unspecified atom stereocenters. The third kappa shape index (κ3) is 5.73. The number of carbonyl (C=O) groups is 2. The van der Waals surface area contributed by atoms with Gasteiger partial charge in [-0.2, -0.15) is 0 Å². The Balaban J connectivity index is 1.71. The van der Waals surface area contributed by atoms with Crippen LogP contribution in [0.15, 0.2) is 39.8 Å². The van der Waals surface area contributed by atoms with E-state index in [1.165, 1.54) is 10.5 Å². The van der Waals surface area contributed by atoms with Crippen LogP contribution in [0.5, 0.6) is 0 Å². The highest BCUT2D eigenvalue weighted by molar-refractivity contribution is 7.99. The number of likely N-dealkylation sites (N-methyl/N-ethyl adjacent to an activating group) is 1. The minimum Gasteiger partial charge on any atom is -0.360 e. The molecule has 1 N–H and O–H groups in total. The molecule has 0 aliphatic rings. The zero-order chi connectivity index (χ0) is 17.5. The topological polar surface area (TPSA) is 75.4 Å². The van der Waals surface area contributed by atoms with Gasteiger partial charge in [-0.05, 0) is 26.0 Å². The number of nitrogens with one attached hydrogen (secondary N) is 1. The molecule has 1 heterocycles. The third-order valence-corrected chi connectivity index (χ3v) is 4.32. The first kappa shape index (κ1) is 18.1. The Bertz CT molecular complexity index is 697. The molecule has 2 amide bonds. The van der Waals surface area contributed by atoms with E-state index in [-0.39, 0.29) is 18.4 Å². The molecule has 24 heavy (non-hydrogen) atoms. The molecule has 6 nitrogen and oxygen atoms in total. The Labute approximate surface area is 145 Å². The van der Waals surface area contributed by atoms with Crippen LogP contribution in [0.25, 0.3) is 0 Å². The highest BCUT2D eigenvalue weighted by Crippen LogP contribution is 2.19. The number of thioether (sulfide) groups is 1. The van der Waals surface area contributed by atoms with Gasteiger partial charge < -0.3 is 14.7 Å². The number of hydrogen-bond acceptors (Lipinski definition) is 5. The predicted molar refractivity (Wildman–Crippen MR) is 94.0 cm³/mol. The smallest absolute Gasteiger partial charge is 0.245 e. The number of aromatic nitrogens is 1. The monoisotopic (exact) mass is 347 g/mol. The molecule has 0 bridgehead atoms. The Hall–Kier alpha value is -2.28. The first-order chi connectivity index (χ1) is 11.4. The number of rotatable bonds is 7. The maximum Gasteiger partial charge on any atom is 0.245 e. The van der Waals surface area contributed by atoms with E-state index < -0.39 is 0 Å². The van der Waals surface area contributed by atoms with E-state index in [4.69, 9.17) is 4.52 Å². The fraction of sp³-hybridized carbons (Fsp3) is 0.353. The Kier molecular flexibility index (Phi) is 6.43.